The van der Waals surface area contributed by atoms with E-state index in [1.807, 2.05) is 86.2 Å². The molecule has 0 atom stereocenters. The highest BCUT2D eigenvalue weighted by molar-refractivity contribution is 6.17. The highest BCUT2D eigenvalue weighted by Gasteiger charge is 2.27. The van der Waals surface area contributed by atoms with Gasteiger partial charge < -0.3 is 19.7 Å². The third-order valence-corrected chi connectivity index (χ3v) is 7.19. The molecule has 0 fully saturated rings. The summed E-state index contributed by atoms with van der Waals surface area (Å²) < 4.78 is 8.46. The number of nitrogens with zero attached hydrogens (tertiary/aromatic N) is 2. The number of carboxylic acid groups (broad SMARTS) is 1. The first-order valence-corrected chi connectivity index (χ1v) is 13.2. The molecule has 202 valence electrons. The zero-order valence-electron chi connectivity index (χ0n) is 22.7. The van der Waals surface area contributed by atoms with Crippen molar-refractivity contribution < 1.29 is 19.1 Å². The third kappa shape index (κ3) is 4.92. The average Bonchev–Trinajstić information content (AvgIpc) is 2.95. The molecule has 5 rings (SSSR count). The summed E-state index contributed by atoms with van der Waals surface area (Å²) in [7, 11) is 7.65. The molecule has 0 spiro atoms. The Hall–Kier alpha value is -4.62. The van der Waals surface area contributed by atoms with Gasteiger partial charge in [-0.2, -0.15) is 0 Å². The van der Waals surface area contributed by atoms with E-state index in [9.17, 15) is 14.7 Å². The van der Waals surface area contributed by atoms with Gasteiger partial charge in [-0.15, -0.1) is 11.6 Å². The normalized spacial score (nSPS) is 11.0. The summed E-state index contributed by atoms with van der Waals surface area (Å²) in [4.78, 5) is 27.7. The largest absolute Gasteiger partial charge is 0.478 e. The Balaban J connectivity index is 1.84. The van der Waals surface area contributed by atoms with E-state index in [0.717, 1.165) is 22.0 Å². The predicted molar refractivity (Wildman–Crippen MR) is 161 cm³/mol. The number of hydrogen-bond acceptors (Lipinski definition) is 4. The lowest BCUT2D eigenvalue weighted by Gasteiger charge is -2.20. The summed E-state index contributed by atoms with van der Waals surface area (Å²) in [6, 6.07) is 23.7. The van der Waals surface area contributed by atoms with Gasteiger partial charge in [0.1, 0.15) is 19.7 Å². The van der Waals surface area contributed by atoms with Crippen LogP contribution in [0.5, 0.6) is 0 Å². The molecule has 0 saturated heterocycles. The number of amides is 1. The van der Waals surface area contributed by atoms with Gasteiger partial charge in [0.2, 0.25) is 5.36 Å². The van der Waals surface area contributed by atoms with Crippen molar-refractivity contribution in [3.63, 3.8) is 0 Å². The van der Waals surface area contributed by atoms with Crippen LogP contribution in [-0.2, 0) is 5.88 Å². The fourth-order valence-corrected chi connectivity index (χ4v) is 4.99. The second-order valence-electron chi connectivity index (χ2n) is 9.92. The minimum atomic E-state index is -1.03. The molecule has 8 heteroatoms. The Morgan fingerprint density at radius 1 is 0.950 bits per heavy atom. The van der Waals surface area contributed by atoms with Crippen molar-refractivity contribution in [2.75, 3.05) is 38.4 Å². The number of benzene rings is 4. The molecule has 1 heterocycles. The number of anilines is 2. The maximum atomic E-state index is 13.4. The number of fused-ring (bicyclic) bond motifs is 2. The Kier molecular flexibility index (Phi) is 7.32. The summed E-state index contributed by atoms with van der Waals surface area (Å²) in [5, 5.41) is 14.6. The first-order chi connectivity index (χ1) is 19.2. The molecule has 2 N–H and O–H groups in total. The van der Waals surface area contributed by atoms with Crippen LogP contribution in [0.15, 0.2) is 83.3 Å². The zero-order valence-corrected chi connectivity index (χ0v) is 23.4. The summed E-state index contributed by atoms with van der Waals surface area (Å²) in [5.74, 6) is -0.532. The van der Waals surface area contributed by atoms with Crippen LogP contribution in [0.3, 0.4) is 0 Å². The molecule has 0 aromatic heterocycles. The Labute approximate surface area is 236 Å². The number of carboxylic acids is 1. The van der Waals surface area contributed by atoms with E-state index < -0.39 is 5.97 Å². The Bertz CT molecular complexity index is 1800. The number of carbonyl (C=O) groups excluding carboxylic acids is 1. The minimum absolute atomic E-state index is 0.176. The molecule has 2 aliphatic rings. The van der Waals surface area contributed by atoms with Crippen LogP contribution in [0.2, 0.25) is 0 Å². The second-order valence-corrected chi connectivity index (χ2v) is 10.2. The smallest absolute Gasteiger partial charge is 0.336 e. The number of hydrogen-bond donors (Lipinski definition) is 2. The lowest BCUT2D eigenvalue weighted by Crippen LogP contribution is -2.28. The molecule has 0 bridgehead atoms. The Morgan fingerprint density at radius 2 is 1.68 bits per heavy atom. The van der Waals surface area contributed by atoms with Crippen LogP contribution in [0.1, 0.15) is 26.3 Å². The lowest BCUT2D eigenvalue weighted by atomic mass is 9.90. The zero-order chi connectivity index (χ0) is 28.6. The quantitative estimate of drug-likeness (QED) is 0.153. The van der Waals surface area contributed by atoms with Crippen LogP contribution in [0.4, 0.5) is 11.4 Å². The third-order valence-electron chi connectivity index (χ3n) is 6.89. The summed E-state index contributed by atoms with van der Waals surface area (Å²) in [6.45, 7) is 0. The van der Waals surface area contributed by atoms with Gasteiger partial charge in [0, 0.05) is 59.9 Å². The van der Waals surface area contributed by atoms with Crippen molar-refractivity contribution in [2.24, 2.45) is 0 Å². The van der Waals surface area contributed by atoms with Gasteiger partial charge >= 0.3 is 5.97 Å². The first-order valence-electron chi connectivity index (χ1n) is 12.7. The molecular weight excluding hydrogens is 526 g/mol. The molecule has 0 unspecified atom stereocenters. The highest BCUT2D eigenvalue weighted by atomic mass is 35.5. The van der Waals surface area contributed by atoms with Crippen molar-refractivity contribution >= 4 is 45.8 Å². The molecule has 7 nitrogen and oxygen atoms in total. The fourth-order valence-electron chi connectivity index (χ4n) is 4.81. The maximum Gasteiger partial charge on any atom is 0.336 e. The molecule has 1 amide bonds. The monoisotopic (exact) mass is 554 g/mol. The van der Waals surface area contributed by atoms with E-state index in [2.05, 4.69) is 5.32 Å². The molecule has 40 heavy (non-hydrogen) atoms. The molecule has 0 radical (unpaired) electrons. The topological polar surface area (TPSA) is 85.8 Å². The molecule has 3 aromatic carbocycles. The van der Waals surface area contributed by atoms with E-state index in [1.54, 1.807) is 30.3 Å². The van der Waals surface area contributed by atoms with Crippen LogP contribution in [0, 0.1) is 0 Å². The minimum Gasteiger partial charge on any atom is -0.478 e. The van der Waals surface area contributed by atoms with Gasteiger partial charge in [-0.1, -0.05) is 30.3 Å². The molecule has 3 aromatic rings. The summed E-state index contributed by atoms with van der Waals surface area (Å²) in [5.41, 5.74) is 5.48. The van der Waals surface area contributed by atoms with Crippen molar-refractivity contribution in [2.45, 2.75) is 5.88 Å². The highest BCUT2D eigenvalue weighted by Crippen LogP contribution is 2.44. The van der Waals surface area contributed by atoms with Crippen molar-refractivity contribution in [1.82, 2.24) is 4.58 Å². The average molecular weight is 555 g/mol. The number of alkyl halides is 1. The summed E-state index contributed by atoms with van der Waals surface area (Å²) in [6.07, 6.45) is 0. The number of nitrogens with one attached hydrogen (secondary N) is 1. The van der Waals surface area contributed by atoms with Gasteiger partial charge in [-0.25, -0.2) is 9.37 Å². The number of aromatic carboxylic acids is 1. The van der Waals surface area contributed by atoms with E-state index >= 15 is 0 Å². The maximum absolute atomic E-state index is 13.4. The number of carbonyl (C=O) groups is 2. The van der Waals surface area contributed by atoms with Crippen molar-refractivity contribution in [1.29, 1.82) is 0 Å². The van der Waals surface area contributed by atoms with Gasteiger partial charge in [0.05, 0.1) is 5.56 Å². The van der Waals surface area contributed by atoms with Gasteiger partial charge in [0.25, 0.3) is 5.91 Å². The van der Waals surface area contributed by atoms with Crippen molar-refractivity contribution in [3.05, 3.63) is 101 Å². The van der Waals surface area contributed by atoms with Gasteiger partial charge in [-0.05, 0) is 47.5 Å². The molecule has 0 saturated carbocycles. The Morgan fingerprint density at radius 3 is 2.33 bits per heavy atom. The van der Waals surface area contributed by atoms with E-state index in [4.69, 9.17) is 16.0 Å². The van der Waals surface area contributed by atoms with E-state index in [1.165, 1.54) is 0 Å². The SMILES string of the molecule is CN(C)c1ccc2c(-c3ccccc3C(=O)O)c3ccc(=[N+](C)C)c(NC(=O)c4ccc(CCl)cc4)c-3oc2c1. The fraction of sp³-hybridized carbons (Fsp3) is 0.156. The molecule has 1 aliphatic heterocycles. The standard InChI is InChI=1S/C32H28ClN3O4/c1-35(2)21-13-14-24-27(17-21)40-30-25(28(24)22-7-5-6-8-23(22)32(38)39)15-16-26(36(3)4)29(30)34-31(37)20-11-9-19(18-33)10-12-20/h5-17H,18H2,1-4H3,(H-,34,37,38,39)/p+1. The van der Waals surface area contributed by atoms with E-state index in [-0.39, 0.29) is 11.5 Å². The van der Waals surface area contributed by atoms with Crippen LogP contribution < -0.4 is 20.1 Å². The van der Waals surface area contributed by atoms with Gasteiger partial charge in [0.15, 0.2) is 11.4 Å². The van der Waals surface area contributed by atoms with Crippen LogP contribution >= 0.6 is 11.6 Å². The first kappa shape index (κ1) is 27.0. The second kappa shape index (κ2) is 10.9. The van der Waals surface area contributed by atoms with Crippen molar-refractivity contribution in [3.8, 4) is 22.5 Å². The van der Waals surface area contributed by atoms with Crippen LogP contribution in [-0.4, -0.2) is 45.2 Å². The lowest BCUT2D eigenvalue weighted by molar-refractivity contribution is 0.0697. The molecular formula is C32H29ClN3O4+. The van der Waals surface area contributed by atoms with Gasteiger partial charge in [-0.3, -0.25) is 4.79 Å². The number of rotatable bonds is 6. The van der Waals surface area contributed by atoms with E-state index in [0.29, 0.717) is 45.2 Å². The summed E-state index contributed by atoms with van der Waals surface area (Å²) >= 11 is 5.93. The number of halogens is 1. The predicted octanol–water partition coefficient (Wildman–Crippen LogP) is 5.99. The van der Waals surface area contributed by atoms with Crippen LogP contribution in [0.25, 0.3) is 33.4 Å². The molecule has 1 aliphatic carbocycles.